The predicted molar refractivity (Wildman–Crippen MR) is 48.0 cm³/mol. The van der Waals surface area contributed by atoms with Gasteiger partial charge in [0.2, 0.25) is 0 Å². The summed E-state index contributed by atoms with van der Waals surface area (Å²) in [5, 5.41) is 8.41. The smallest absolute Gasteiger partial charge is 0.0807 e. The second-order valence-corrected chi connectivity index (χ2v) is 3.30. The number of aliphatic hydroxyl groups excluding tert-OH is 1. The Morgan fingerprint density at radius 2 is 2.00 bits per heavy atom. The van der Waals surface area contributed by atoms with Crippen molar-refractivity contribution in [3.05, 3.63) is 36.9 Å². The first-order valence-electron chi connectivity index (χ1n) is 3.57. The normalized spacial score (nSPS) is 9.91. The van der Waals surface area contributed by atoms with Crippen LogP contribution in [0.3, 0.4) is 0 Å². The van der Waals surface area contributed by atoms with Crippen molar-refractivity contribution in [3.8, 4) is 0 Å². The van der Waals surface area contributed by atoms with E-state index in [0.29, 0.717) is 0 Å². The van der Waals surface area contributed by atoms with Gasteiger partial charge in [0.25, 0.3) is 0 Å². The third-order valence-corrected chi connectivity index (χ3v) is 2.30. The first-order chi connectivity index (χ1) is 5.43. The van der Waals surface area contributed by atoms with Crippen molar-refractivity contribution >= 4 is 11.8 Å². The zero-order chi connectivity index (χ0) is 7.94. The molecule has 0 aliphatic carbocycles. The molecule has 0 aromatic heterocycles. The maximum absolute atomic E-state index is 8.41. The lowest BCUT2D eigenvalue weighted by Gasteiger charge is -1.97. The molecule has 0 aliphatic heterocycles. The van der Waals surface area contributed by atoms with Crippen LogP contribution >= 0.6 is 11.8 Å². The molecule has 0 bridgehead atoms. The molecule has 1 nitrogen and oxygen atoms in total. The predicted octanol–water partition coefficient (Wildman–Crippen LogP) is 2.70. The largest absolute Gasteiger partial charge is 0.390 e. The van der Waals surface area contributed by atoms with Crippen LogP contribution in [0.5, 0.6) is 0 Å². The fourth-order valence-electron chi connectivity index (χ4n) is 0.746. The molecule has 1 aromatic carbocycles. The van der Waals surface area contributed by atoms with Crippen molar-refractivity contribution in [2.75, 3.05) is 5.75 Å². The van der Waals surface area contributed by atoms with Crippen LogP contribution in [-0.4, -0.2) is 10.9 Å². The Labute approximate surface area is 71.4 Å². The summed E-state index contributed by atoms with van der Waals surface area (Å²) in [5.74, 6) is 0.945. The van der Waals surface area contributed by atoms with E-state index < -0.39 is 0 Å². The Bertz CT molecular complexity index is 186. The number of rotatable bonds is 4. The van der Waals surface area contributed by atoms with Gasteiger partial charge in [-0.05, 0) is 18.6 Å². The van der Waals surface area contributed by atoms with Crippen LogP contribution in [0.1, 0.15) is 6.42 Å². The van der Waals surface area contributed by atoms with E-state index in [1.54, 1.807) is 11.8 Å². The van der Waals surface area contributed by atoms with Crippen LogP contribution < -0.4 is 0 Å². The van der Waals surface area contributed by atoms with Crippen molar-refractivity contribution < 1.29 is 5.11 Å². The van der Waals surface area contributed by atoms with Gasteiger partial charge >= 0.3 is 0 Å². The summed E-state index contributed by atoms with van der Waals surface area (Å²) in [4.78, 5) is 1.26. The third kappa shape index (κ3) is 3.44. The quantitative estimate of drug-likeness (QED) is 0.549. The Morgan fingerprint density at radius 1 is 1.27 bits per heavy atom. The number of thioether (sulfide) groups is 1. The van der Waals surface area contributed by atoms with Gasteiger partial charge in [-0.15, -0.1) is 11.8 Å². The lowest BCUT2D eigenvalue weighted by atomic mass is 10.4. The van der Waals surface area contributed by atoms with E-state index >= 15 is 0 Å². The van der Waals surface area contributed by atoms with Gasteiger partial charge in [0.05, 0.1) is 6.61 Å². The molecule has 59 valence electrons. The van der Waals surface area contributed by atoms with Gasteiger partial charge in [0, 0.05) is 10.6 Å². The Morgan fingerprint density at radius 3 is 2.64 bits per heavy atom. The van der Waals surface area contributed by atoms with Crippen LogP contribution in [0, 0.1) is 6.61 Å². The minimum atomic E-state index is 0.750. The van der Waals surface area contributed by atoms with Crippen molar-refractivity contribution in [2.45, 2.75) is 11.3 Å². The molecule has 0 heterocycles. The fraction of sp³-hybridized carbons (Fsp3) is 0.222. The van der Waals surface area contributed by atoms with Crippen LogP contribution in [0.4, 0.5) is 0 Å². The molecule has 1 rings (SSSR count). The highest BCUT2D eigenvalue weighted by atomic mass is 32.2. The SMILES string of the molecule is O[CH]CCSc1ccccc1. The molecular formula is C9H11OS. The summed E-state index contributed by atoms with van der Waals surface area (Å²) in [5.41, 5.74) is 0. The number of aliphatic hydroxyl groups is 1. The minimum absolute atomic E-state index is 0.750. The summed E-state index contributed by atoms with van der Waals surface area (Å²) in [6.45, 7) is 1.20. The second kappa shape index (κ2) is 5.22. The van der Waals surface area contributed by atoms with Crippen molar-refractivity contribution in [2.24, 2.45) is 0 Å². The standard InChI is InChI=1S/C9H11OS/c10-7-4-8-11-9-5-2-1-3-6-9/h1-3,5-7,10H,4,8H2. The van der Waals surface area contributed by atoms with Gasteiger partial charge in [0.1, 0.15) is 0 Å². The molecule has 0 amide bonds. The zero-order valence-electron chi connectivity index (χ0n) is 6.23. The van der Waals surface area contributed by atoms with Gasteiger partial charge in [0.15, 0.2) is 0 Å². The van der Waals surface area contributed by atoms with Gasteiger partial charge < -0.3 is 5.11 Å². The lowest BCUT2D eigenvalue weighted by molar-refractivity contribution is 0.382. The summed E-state index contributed by atoms with van der Waals surface area (Å²) >= 11 is 1.75. The molecule has 0 unspecified atom stereocenters. The monoisotopic (exact) mass is 167 g/mol. The van der Waals surface area contributed by atoms with Crippen LogP contribution in [0.2, 0.25) is 0 Å². The molecule has 1 N–H and O–H groups in total. The average Bonchev–Trinajstić information content (AvgIpc) is 2.07. The lowest BCUT2D eigenvalue weighted by Crippen LogP contribution is -1.79. The molecule has 2 heteroatoms. The van der Waals surface area contributed by atoms with E-state index in [0.717, 1.165) is 12.2 Å². The molecular weight excluding hydrogens is 156 g/mol. The molecule has 1 aromatic rings. The first kappa shape index (κ1) is 8.62. The summed E-state index contributed by atoms with van der Waals surface area (Å²) in [6.07, 6.45) is 0.750. The van der Waals surface area contributed by atoms with Crippen molar-refractivity contribution in [1.82, 2.24) is 0 Å². The van der Waals surface area contributed by atoms with Crippen LogP contribution in [0.25, 0.3) is 0 Å². The van der Waals surface area contributed by atoms with E-state index in [1.165, 1.54) is 11.5 Å². The maximum Gasteiger partial charge on any atom is 0.0807 e. The second-order valence-electron chi connectivity index (χ2n) is 2.13. The Kier molecular flexibility index (Phi) is 4.09. The van der Waals surface area contributed by atoms with Crippen LogP contribution in [-0.2, 0) is 0 Å². The molecule has 0 saturated heterocycles. The summed E-state index contributed by atoms with van der Waals surface area (Å²) < 4.78 is 0. The summed E-state index contributed by atoms with van der Waals surface area (Å²) in [7, 11) is 0. The molecule has 0 atom stereocenters. The highest BCUT2D eigenvalue weighted by Crippen LogP contribution is 2.17. The van der Waals surface area contributed by atoms with Crippen molar-refractivity contribution in [1.29, 1.82) is 0 Å². The molecule has 11 heavy (non-hydrogen) atoms. The minimum Gasteiger partial charge on any atom is -0.390 e. The molecule has 0 fully saturated rings. The first-order valence-corrected chi connectivity index (χ1v) is 4.56. The van der Waals surface area contributed by atoms with Gasteiger partial charge in [-0.2, -0.15) is 0 Å². The van der Waals surface area contributed by atoms with E-state index in [1.807, 2.05) is 18.2 Å². The number of hydrogen-bond acceptors (Lipinski definition) is 2. The zero-order valence-corrected chi connectivity index (χ0v) is 7.05. The highest BCUT2D eigenvalue weighted by Gasteiger charge is 1.90. The third-order valence-electron chi connectivity index (χ3n) is 1.26. The van der Waals surface area contributed by atoms with E-state index in [-0.39, 0.29) is 0 Å². The molecule has 1 radical (unpaired) electrons. The van der Waals surface area contributed by atoms with Gasteiger partial charge in [-0.1, -0.05) is 18.2 Å². The number of hydrogen-bond donors (Lipinski definition) is 1. The van der Waals surface area contributed by atoms with Gasteiger partial charge in [-0.25, -0.2) is 0 Å². The van der Waals surface area contributed by atoms with E-state index in [2.05, 4.69) is 12.1 Å². The average molecular weight is 167 g/mol. The molecule has 0 spiro atoms. The van der Waals surface area contributed by atoms with Gasteiger partial charge in [-0.3, -0.25) is 0 Å². The Hall–Kier alpha value is -0.470. The van der Waals surface area contributed by atoms with Crippen LogP contribution in [0.15, 0.2) is 35.2 Å². The molecule has 0 aliphatic rings. The molecule has 0 saturated carbocycles. The Balaban J connectivity index is 2.28. The summed E-state index contributed by atoms with van der Waals surface area (Å²) in [6, 6.07) is 10.2. The maximum atomic E-state index is 8.41. The topological polar surface area (TPSA) is 20.2 Å². The fourth-order valence-corrected chi connectivity index (χ4v) is 1.55. The number of benzene rings is 1. The van der Waals surface area contributed by atoms with E-state index in [4.69, 9.17) is 5.11 Å². The van der Waals surface area contributed by atoms with Crippen molar-refractivity contribution in [3.63, 3.8) is 0 Å². The van der Waals surface area contributed by atoms with E-state index in [9.17, 15) is 0 Å². The highest BCUT2D eigenvalue weighted by molar-refractivity contribution is 7.99.